The number of ether oxygens (including phenoxy) is 2. The van der Waals surface area contributed by atoms with E-state index in [-0.39, 0.29) is 12.5 Å². The molecule has 0 saturated carbocycles. The zero-order valence-electron chi connectivity index (χ0n) is 19.8. The summed E-state index contributed by atoms with van der Waals surface area (Å²) < 4.78 is 11.5. The van der Waals surface area contributed by atoms with E-state index >= 15 is 0 Å². The largest absolute Gasteiger partial charge is 0.493 e. The van der Waals surface area contributed by atoms with Gasteiger partial charge in [0.1, 0.15) is 6.61 Å². The van der Waals surface area contributed by atoms with Crippen LogP contribution in [0.15, 0.2) is 76.6 Å². The molecule has 0 atom stereocenters. The molecule has 7 heteroatoms. The minimum absolute atomic E-state index is 0.0734. The van der Waals surface area contributed by atoms with Gasteiger partial charge in [-0.3, -0.25) is 9.69 Å². The molecule has 0 radical (unpaired) electrons. The lowest BCUT2D eigenvalue weighted by molar-refractivity contribution is -0.122. The van der Waals surface area contributed by atoms with Crippen molar-refractivity contribution in [2.45, 2.75) is 20.5 Å². The van der Waals surface area contributed by atoms with E-state index in [9.17, 15) is 10.1 Å². The van der Waals surface area contributed by atoms with Gasteiger partial charge in [0.2, 0.25) is 0 Å². The van der Waals surface area contributed by atoms with E-state index in [1.807, 2.05) is 80.6 Å². The standard InChI is InChI=1S/C28H25N3O3S/c1-4-31-27(32)26(35-28(31)30-23-12-9-19(2)10-13-23)16-20-11-14-24(25(15-20)33-3)34-18-22-8-6-5-7-21(22)17-29/h5-16H,4,18H2,1-3H3/b26-16+,30-28?. The molecule has 4 rings (SSSR count). The number of likely N-dealkylation sites (N-methyl/N-ethyl adjacent to an activating group) is 1. The van der Waals surface area contributed by atoms with Crippen molar-refractivity contribution in [3.05, 3.63) is 93.9 Å². The molecule has 1 fully saturated rings. The highest BCUT2D eigenvalue weighted by Gasteiger charge is 2.32. The molecule has 0 bridgehead atoms. The number of rotatable bonds is 7. The maximum atomic E-state index is 13.0. The van der Waals surface area contributed by atoms with E-state index in [0.29, 0.717) is 33.7 Å². The van der Waals surface area contributed by atoms with Crippen molar-refractivity contribution < 1.29 is 14.3 Å². The predicted octanol–water partition coefficient (Wildman–Crippen LogP) is 6.08. The first-order chi connectivity index (χ1) is 17.0. The predicted molar refractivity (Wildman–Crippen MR) is 140 cm³/mol. The van der Waals surface area contributed by atoms with Crippen molar-refractivity contribution in [3.8, 4) is 17.6 Å². The van der Waals surface area contributed by atoms with Crippen LogP contribution in [0.4, 0.5) is 5.69 Å². The lowest BCUT2D eigenvalue weighted by Gasteiger charge is -2.12. The number of benzene rings is 3. The summed E-state index contributed by atoms with van der Waals surface area (Å²) in [7, 11) is 1.57. The Balaban J connectivity index is 1.55. The van der Waals surface area contributed by atoms with Gasteiger partial charge < -0.3 is 9.47 Å². The number of methoxy groups -OCH3 is 1. The molecule has 1 heterocycles. The van der Waals surface area contributed by atoms with Crippen LogP contribution >= 0.6 is 11.8 Å². The number of amides is 1. The maximum absolute atomic E-state index is 13.0. The van der Waals surface area contributed by atoms with Gasteiger partial charge in [-0.15, -0.1) is 0 Å². The molecule has 1 saturated heterocycles. The van der Waals surface area contributed by atoms with E-state index in [2.05, 4.69) is 11.1 Å². The summed E-state index contributed by atoms with van der Waals surface area (Å²) >= 11 is 1.36. The van der Waals surface area contributed by atoms with Gasteiger partial charge >= 0.3 is 0 Å². The fraction of sp³-hybridized carbons (Fsp3) is 0.179. The molecule has 176 valence electrons. The molecule has 0 aliphatic carbocycles. The van der Waals surface area contributed by atoms with Gasteiger partial charge in [-0.1, -0.05) is 42.0 Å². The van der Waals surface area contributed by atoms with E-state index in [1.165, 1.54) is 11.8 Å². The SMILES string of the molecule is CCN1C(=O)/C(=C\c2ccc(OCc3ccccc3C#N)c(OC)c2)SC1=Nc1ccc(C)cc1. The average Bonchev–Trinajstić information content (AvgIpc) is 3.17. The Hall–Kier alpha value is -4.02. The maximum Gasteiger partial charge on any atom is 0.266 e. The number of nitriles is 1. The average molecular weight is 484 g/mol. The Labute approximate surface area is 209 Å². The van der Waals surface area contributed by atoms with E-state index in [4.69, 9.17) is 9.47 Å². The smallest absolute Gasteiger partial charge is 0.266 e. The third-order valence-corrected chi connectivity index (χ3v) is 6.48. The second kappa shape index (κ2) is 10.9. The van der Waals surface area contributed by atoms with Crippen molar-refractivity contribution >= 4 is 34.6 Å². The van der Waals surface area contributed by atoms with Crippen molar-refractivity contribution in [2.24, 2.45) is 4.99 Å². The zero-order valence-corrected chi connectivity index (χ0v) is 20.6. The normalized spacial score (nSPS) is 15.5. The molecule has 1 amide bonds. The summed E-state index contributed by atoms with van der Waals surface area (Å²) in [5, 5.41) is 9.94. The van der Waals surface area contributed by atoms with E-state index in [0.717, 1.165) is 22.4 Å². The fourth-order valence-corrected chi connectivity index (χ4v) is 4.62. The molecular weight excluding hydrogens is 458 g/mol. The summed E-state index contributed by atoms with van der Waals surface area (Å²) in [6.45, 7) is 4.75. The van der Waals surface area contributed by atoms with Gasteiger partial charge in [-0.05, 0) is 67.6 Å². The van der Waals surface area contributed by atoms with Gasteiger partial charge in [0.25, 0.3) is 5.91 Å². The third kappa shape index (κ3) is 5.56. The highest BCUT2D eigenvalue weighted by Crippen LogP contribution is 2.36. The number of aliphatic imine (C=N–C) groups is 1. The first kappa shape index (κ1) is 24.1. The Morgan fingerprint density at radius 2 is 1.86 bits per heavy atom. The lowest BCUT2D eigenvalue weighted by Crippen LogP contribution is -2.28. The number of thioether (sulfide) groups is 1. The highest BCUT2D eigenvalue weighted by atomic mass is 32.2. The van der Waals surface area contributed by atoms with E-state index < -0.39 is 0 Å². The topological polar surface area (TPSA) is 74.9 Å². The monoisotopic (exact) mass is 483 g/mol. The summed E-state index contributed by atoms with van der Waals surface area (Å²) in [4.78, 5) is 20.0. The number of hydrogen-bond donors (Lipinski definition) is 0. The third-order valence-electron chi connectivity index (χ3n) is 5.47. The number of carbonyl (C=O) groups excluding carboxylic acids is 1. The van der Waals surface area contributed by atoms with Crippen LogP contribution in [-0.4, -0.2) is 29.6 Å². The first-order valence-electron chi connectivity index (χ1n) is 11.2. The quantitative estimate of drug-likeness (QED) is 0.381. The number of amidine groups is 1. The second-order valence-electron chi connectivity index (χ2n) is 7.86. The van der Waals surface area contributed by atoms with Crippen LogP contribution in [-0.2, 0) is 11.4 Å². The van der Waals surface area contributed by atoms with Crippen LogP contribution in [0.3, 0.4) is 0 Å². The molecule has 1 aliphatic heterocycles. The van der Waals surface area contributed by atoms with Crippen molar-refractivity contribution in [2.75, 3.05) is 13.7 Å². The van der Waals surface area contributed by atoms with Crippen LogP contribution in [0.1, 0.15) is 29.2 Å². The van der Waals surface area contributed by atoms with Crippen molar-refractivity contribution in [1.29, 1.82) is 5.26 Å². The fourth-order valence-electron chi connectivity index (χ4n) is 3.56. The van der Waals surface area contributed by atoms with Crippen LogP contribution in [0.2, 0.25) is 0 Å². The summed E-state index contributed by atoms with van der Waals surface area (Å²) in [5.74, 6) is 1.03. The highest BCUT2D eigenvalue weighted by molar-refractivity contribution is 8.18. The van der Waals surface area contributed by atoms with Gasteiger partial charge in [0, 0.05) is 12.1 Å². The minimum atomic E-state index is -0.0734. The minimum Gasteiger partial charge on any atom is -0.493 e. The molecule has 0 spiro atoms. The number of nitrogens with zero attached hydrogens (tertiary/aromatic N) is 3. The van der Waals surface area contributed by atoms with E-state index in [1.54, 1.807) is 18.1 Å². The number of hydrogen-bond acceptors (Lipinski definition) is 6. The molecule has 0 N–H and O–H groups in total. The van der Waals surface area contributed by atoms with Gasteiger partial charge in [-0.2, -0.15) is 5.26 Å². The number of carbonyl (C=O) groups is 1. The Morgan fingerprint density at radius 1 is 1.09 bits per heavy atom. The van der Waals surface area contributed by atoms with Gasteiger partial charge in [0.05, 0.1) is 29.3 Å². The molecule has 3 aromatic carbocycles. The molecule has 35 heavy (non-hydrogen) atoms. The van der Waals surface area contributed by atoms with Crippen molar-refractivity contribution in [1.82, 2.24) is 4.90 Å². The molecule has 0 aromatic heterocycles. The van der Waals surface area contributed by atoms with Crippen LogP contribution in [0.5, 0.6) is 11.5 Å². The molecule has 3 aromatic rings. The Bertz CT molecular complexity index is 1340. The van der Waals surface area contributed by atoms with Crippen LogP contribution < -0.4 is 9.47 Å². The van der Waals surface area contributed by atoms with Gasteiger partial charge in [0.15, 0.2) is 16.7 Å². The van der Waals surface area contributed by atoms with Gasteiger partial charge in [-0.25, -0.2) is 4.99 Å². The Kier molecular flexibility index (Phi) is 7.54. The molecule has 6 nitrogen and oxygen atoms in total. The van der Waals surface area contributed by atoms with Crippen LogP contribution in [0.25, 0.3) is 6.08 Å². The molecular formula is C28H25N3O3S. The summed E-state index contributed by atoms with van der Waals surface area (Å²) in [6, 6.07) is 22.9. The first-order valence-corrected chi connectivity index (χ1v) is 12.0. The number of aryl methyl sites for hydroxylation is 1. The lowest BCUT2D eigenvalue weighted by atomic mass is 10.1. The molecule has 0 unspecified atom stereocenters. The summed E-state index contributed by atoms with van der Waals surface area (Å²) in [6.07, 6.45) is 1.84. The summed E-state index contributed by atoms with van der Waals surface area (Å²) in [5.41, 5.74) is 4.17. The van der Waals surface area contributed by atoms with Crippen molar-refractivity contribution in [3.63, 3.8) is 0 Å². The van der Waals surface area contributed by atoms with Crippen LogP contribution in [0, 0.1) is 18.3 Å². The zero-order chi connectivity index (χ0) is 24.8. The molecule has 1 aliphatic rings. The second-order valence-corrected chi connectivity index (χ2v) is 8.87. The Morgan fingerprint density at radius 3 is 2.57 bits per heavy atom.